The van der Waals surface area contributed by atoms with E-state index in [1.54, 1.807) is 43.6 Å². The summed E-state index contributed by atoms with van der Waals surface area (Å²) in [7, 11) is -2.48. The number of hydrogen-bond acceptors (Lipinski definition) is 7. The number of nitrogens with zero attached hydrogens (tertiary/aromatic N) is 2. The van der Waals surface area contributed by atoms with Gasteiger partial charge < -0.3 is 10.6 Å². The fraction of sp³-hybridized carbons (Fsp3) is 0.259. The van der Waals surface area contributed by atoms with Crippen molar-refractivity contribution in [3.05, 3.63) is 80.8 Å². The molecule has 9 nitrogen and oxygen atoms in total. The SMILES string of the molecule is CNc1cc2ccn(-c3ccc(NC(=O)NS(=O)(=O)c4ccc(Cl)s4)cc3CN3CCCCC3)c(=O)c2cc1F. The Morgan fingerprint density at radius 2 is 1.85 bits per heavy atom. The summed E-state index contributed by atoms with van der Waals surface area (Å²) < 4.78 is 43.2. The van der Waals surface area contributed by atoms with Gasteiger partial charge in [-0.25, -0.2) is 22.3 Å². The number of likely N-dealkylation sites (tertiary alicyclic amines) is 1. The molecule has 40 heavy (non-hydrogen) atoms. The zero-order chi connectivity index (χ0) is 28.4. The summed E-state index contributed by atoms with van der Waals surface area (Å²) in [5.41, 5.74) is 1.61. The van der Waals surface area contributed by atoms with Crippen molar-refractivity contribution in [1.82, 2.24) is 14.2 Å². The molecule has 1 aliphatic heterocycles. The van der Waals surface area contributed by atoms with Gasteiger partial charge in [-0.05, 0) is 85.4 Å². The number of rotatable bonds is 7. The van der Waals surface area contributed by atoms with Crippen molar-refractivity contribution in [2.75, 3.05) is 30.8 Å². The van der Waals surface area contributed by atoms with Gasteiger partial charge in [0.25, 0.3) is 15.6 Å². The summed E-state index contributed by atoms with van der Waals surface area (Å²) in [4.78, 5) is 28.4. The van der Waals surface area contributed by atoms with Crippen molar-refractivity contribution in [3.63, 3.8) is 0 Å². The number of nitrogens with one attached hydrogen (secondary N) is 3. The van der Waals surface area contributed by atoms with Crippen LogP contribution in [0.15, 0.2) is 63.7 Å². The van der Waals surface area contributed by atoms with Crippen LogP contribution in [0.2, 0.25) is 4.34 Å². The molecule has 0 radical (unpaired) electrons. The molecule has 0 atom stereocenters. The average molecular weight is 604 g/mol. The topological polar surface area (TPSA) is 113 Å². The Labute approximate surface area is 239 Å². The minimum Gasteiger partial charge on any atom is -0.386 e. The minimum absolute atomic E-state index is 0.0808. The van der Waals surface area contributed by atoms with Gasteiger partial charge in [0, 0.05) is 25.5 Å². The number of anilines is 2. The molecule has 0 aliphatic carbocycles. The zero-order valence-corrected chi connectivity index (χ0v) is 23.9. The third-order valence-corrected chi connectivity index (χ3v) is 9.79. The fourth-order valence-corrected chi connectivity index (χ4v) is 7.19. The first-order valence-electron chi connectivity index (χ1n) is 12.6. The largest absolute Gasteiger partial charge is 0.386 e. The number of piperidine rings is 1. The van der Waals surface area contributed by atoms with Crippen LogP contribution in [0.25, 0.3) is 16.5 Å². The van der Waals surface area contributed by atoms with Crippen LogP contribution in [0.3, 0.4) is 0 Å². The summed E-state index contributed by atoms with van der Waals surface area (Å²) in [5, 5.41) is 6.20. The number of halogens is 2. The maximum atomic E-state index is 14.5. The number of thiophene rings is 1. The summed E-state index contributed by atoms with van der Waals surface area (Å²) in [5.74, 6) is -0.524. The molecule has 0 spiro atoms. The van der Waals surface area contributed by atoms with E-state index in [1.807, 2.05) is 4.72 Å². The van der Waals surface area contributed by atoms with Crippen molar-refractivity contribution in [1.29, 1.82) is 0 Å². The van der Waals surface area contributed by atoms with E-state index >= 15 is 0 Å². The van der Waals surface area contributed by atoms with Gasteiger partial charge in [-0.2, -0.15) is 0 Å². The van der Waals surface area contributed by atoms with Crippen molar-refractivity contribution in [2.45, 2.75) is 30.0 Å². The Bertz CT molecular complexity index is 1750. The van der Waals surface area contributed by atoms with Crippen molar-refractivity contribution in [3.8, 4) is 5.69 Å². The molecule has 13 heteroatoms. The normalized spacial score (nSPS) is 14.3. The van der Waals surface area contributed by atoms with E-state index in [0.717, 1.165) is 49.3 Å². The Morgan fingerprint density at radius 3 is 2.55 bits per heavy atom. The summed E-state index contributed by atoms with van der Waals surface area (Å²) in [6.07, 6.45) is 4.92. The van der Waals surface area contributed by atoms with Gasteiger partial charge in [0.1, 0.15) is 10.0 Å². The van der Waals surface area contributed by atoms with Crippen LogP contribution in [0.4, 0.5) is 20.6 Å². The number of benzene rings is 2. The highest BCUT2D eigenvalue weighted by molar-refractivity contribution is 7.92. The molecule has 0 bridgehead atoms. The molecule has 4 aromatic rings. The standard InChI is InChI=1S/C27H27ClFN5O4S2/c1-30-22-14-17-9-12-34(26(35)20(17)15-21(22)29)23-6-5-19(13-18(23)16-33-10-3-2-4-11-33)31-27(36)32-40(37,38)25-8-7-24(28)39-25/h5-9,12-15,30H,2-4,10-11,16H2,1H3,(H2,31,32,36). The van der Waals surface area contributed by atoms with Crippen molar-refractivity contribution >= 4 is 61.1 Å². The van der Waals surface area contributed by atoms with E-state index < -0.39 is 21.9 Å². The molecule has 2 aromatic heterocycles. The number of hydrogen-bond donors (Lipinski definition) is 3. The Balaban J connectivity index is 1.48. The van der Waals surface area contributed by atoms with Gasteiger partial charge in [0.2, 0.25) is 0 Å². The number of carbonyl (C=O) groups excluding carboxylic acids is 1. The van der Waals surface area contributed by atoms with Gasteiger partial charge in [-0.1, -0.05) is 18.0 Å². The molecular formula is C27H27ClFN5O4S2. The van der Waals surface area contributed by atoms with Gasteiger partial charge in [0.15, 0.2) is 0 Å². The predicted molar refractivity (Wildman–Crippen MR) is 157 cm³/mol. The molecule has 0 unspecified atom stereocenters. The quantitative estimate of drug-likeness (QED) is 0.261. The summed E-state index contributed by atoms with van der Waals surface area (Å²) in [6, 6.07) is 11.4. The van der Waals surface area contributed by atoms with Gasteiger partial charge in [-0.3, -0.25) is 14.3 Å². The highest BCUT2D eigenvalue weighted by atomic mass is 35.5. The van der Waals surface area contributed by atoms with Crippen LogP contribution in [0, 0.1) is 5.82 Å². The van der Waals surface area contributed by atoms with Gasteiger partial charge in [0.05, 0.1) is 21.1 Å². The van der Waals surface area contributed by atoms with E-state index in [-0.39, 0.29) is 19.5 Å². The molecular weight excluding hydrogens is 577 g/mol. The second kappa shape index (κ2) is 11.6. The zero-order valence-electron chi connectivity index (χ0n) is 21.5. The lowest BCUT2D eigenvalue weighted by Gasteiger charge is -2.27. The van der Waals surface area contributed by atoms with Crippen LogP contribution in [0.5, 0.6) is 0 Å². The van der Waals surface area contributed by atoms with E-state index in [2.05, 4.69) is 15.5 Å². The lowest BCUT2D eigenvalue weighted by atomic mass is 10.1. The maximum Gasteiger partial charge on any atom is 0.333 e. The third kappa shape index (κ3) is 5.99. The van der Waals surface area contributed by atoms with Gasteiger partial charge in [-0.15, -0.1) is 11.3 Å². The molecule has 0 saturated carbocycles. The number of pyridine rings is 1. The maximum absolute atomic E-state index is 14.5. The number of carbonyl (C=O) groups is 1. The second-order valence-corrected chi connectivity index (χ2v) is 13.1. The first kappa shape index (κ1) is 28.1. The summed E-state index contributed by atoms with van der Waals surface area (Å²) in [6.45, 7) is 2.30. The van der Waals surface area contributed by atoms with Crippen LogP contribution in [-0.4, -0.2) is 44.1 Å². The predicted octanol–water partition coefficient (Wildman–Crippen LogP) is 5.38. The molecule has 1 fully saturated rings. The van der Waals surface area contributed by atoms with E-state index in [0.29, 0.717) is 29.0 Å². The Hall–Kier alpha value is -3.45. The lowest BCUT2D eigenvalue weighted by Crippen LogP contribution is -2.34. The first-order chi connectivity index (χ1) is 19.1. The molecule has 5 rings (SSSR count). The van der Waals surface area contributed by atoms with E-state index in [1.165, 1.54) is 22.8 Å². The molecule has 3 N–H and O–H groups in total. The molecule has 3 heterocycles. The molecule has 2 aromatic carbocycles. The minimum atomic E-state index is -4.09. The number of sulfonamides is 1. The highest BCUT2D eigenvalue weighted by Crippen LogP contribution is 2.27. The molecule has 1 saturated heterocycles. The number of urea groups is 1. The average Bonchev–Trinajstić information content (AvgIpc) is 3.37. The van der Waals surface area contributed by atoms with Crippen LogP contribution >= 0.6 is 22.9 Å². The van der Waals surface area contributed by atoms with Crippen molar-refractivity contribution in [2.24, 2.45) is 0 Å². The fourth-order valence-electron chi connectivity index (χ4n) is 4.80. The molecule has 1 aliphatic rings. The lowest BCUT2D eigenvalue weighted by molar-refractivity contribution is 0.221. The number of fused-ring (bicyclic) bond motifs is 1. The summed E-state index contributed by atoms with van der Waals surface area (Å²) >= 11 is 6.68. The monoisotopic (exact) mass is 603 g/mol. The van der Waals surface area contributed by atoms with Crippen LogP contribution in [-0.2, 0) is 16.6 Å². The highest BCUT2D eigenvalue weighted by Gasteiger charge is 2.21. The molecule has 2 amide bonds. The second-order valence-electron chi connectivity index (χ2n) is 9.46. The van der Waals surface area contributed by atoms with Gasteiger partial charge >= 0.3 is 6.03 Å². The van der Waals surface area contributed by atoms with E-state index in [9.17, 15) is 22.4 Å². The van der Waals surface area contributed by atoms with Crippen LogP contribution < -0.4 is 20.9 Å². The Morgan fingerprint density at radius 1 is 1.07 bits per heavy atom. The molecule has 210 valence electrons. The first-order valence-corrected chi connectivity index (χ1v) is 15.3. The Kier molecular flexibility index (Phi) is 8.13. The van der Waals surface area contributed by atoms with E-state index in [4.69, 9.17) is 11.6 Å². The number of aromatic nitrogens is 1. The number of amides is 2. The van der Waals surface area contributed by atoms with Crippen molar-refractivity contribution < 1.29 is 17.6 Å². The smallest absolute Gasteiger partial charge is 0.333 e. The third-order valence-electron chi connectivity index (χ3n) is 6.74. The van der Waals surface area contributed by atoms with Crippen LogP contribution in [0.1, 0.15) is 24.8 Å².